The fraction of sp³-hybridized carbons (Fsp3) is 0.281. The normalized spacial score (nSPS) is 15.1. The first-order valence-corrected chi connectivity index (χ1v) is 15.3. The lowest BCUT2D eigenvalue weighted by atomic mass is 10.1. The maximum atomic E-state index is 13.0. The van der Waals surface area contributed by atoms with Gasteiger partial charge in [-0.25, -0.2) is 5.59 Å². The second-order valence-electron chi connectivity index (χ2n) is 11.0. The van der Waals surface area contributed by atoms with Crippen LogP contribution in [0.15, 0.2) is 65.8 Å². The number of fused-ring (bicyclic) bond motifs is 1. The zero-order valence-corrected chi connectivity index (χ0v) is 27.1. The molecule has 3 aromatic carbocycles. The molecule has 1 N–H and O–H groups in total. The van der Waals surface area contributed by atoms with E-state index in [9.17, 15) is 29.4 Å². The molecule has 1 aliphatic heterocycles. The molecule has 17 heteroatoms. The maximum absolute atomic E-state index is 13.0. The molecule has 0 spiro atoms. The number of rotatable bonds is 15. The number of ether oxygens (including phenoxy) is 2. The van der Waals surface area contributed by atoms with Crippen molar-refractivity contribution < 1.29 is 43.7 Å². The number of hydrogen-bond acceptors (Lipinski definition) is 12. The van der Waals surface area contributed by atoms with Gasteiger partial charge in [-0.2, -0.15) is 4.84 Å². The van der Waals surface area contributed by atoms with Gasteiger partial charge < -0.3 is 18.9 Å². The predicted octanol–water partition coefficient (Wildman–Crippen LogP) is 4.46. The summed E-state index contributed by atoms with van der Waals surface area (Å²) in [5.41, 5.74) is 6.93. The summed E-state index contributed by atoms with van der Waals surface area (Å²) >= 11 is 6.05. The van der Waals surface area contributed by atoms with E-state index in [0.717, 1.165) is 46.6 Å². The number of nitro benzene ring substituents is 1. The van der Waals surface area contributed by atoms with Crippen molar-refractivity contribution in [1.29, 1.82) is 0 Å². The third-order valence-corrected chi connectivity index (χ3v) is 8.29. The number of nitrogens with one attached hydrogen (secondary N) is 1. The van der Waals surface area contributed by atoms with E-state index in [1.165, 1.54) is 12.1 Å². The first-order chi connectivity index (χ1) is 23.6. The van der Waals surface area contributed by atoms with Crippen LogP contribution in [-0.2, 0) is 36.9 Å². The molecule has 16 nitrogen and oxygen atoms in total. The van der Waals surface area contributed by atoms with Gasteiger partial charge in [0.25, 0.3) is 5.69 Å². The fourth-order valence-corrected chi connectivity index (χ4v) is 5.72. The lowest BCUT2D eigenvalue weighted by Crippen LogP contribution is -3.14. The summed E-state index contributed by atoms with van der Waals surface area (Å²) < 4.78 is 12.6. The molecular formula is C32H31ClN6O10. The number of benzene rings is 3. The van der Waals surface area contributed by atoms with Crippen molar-refractivity contribution in [2.75, 3.05) is 20.4 Å². The lowest BCUT2D eigenvalue weighted by molar-refractivity contribution is -1.16. The quantitative estimate of drug-likeness (QED) is 0.0462. The summed E-state index contributed by atoms with van der Waals surface area (Å²) in [7, 11) is 1.30. The van der Waals surface area contributed by atoms with Gasteiger partial charge in [-0.05, 0) is 72.5 Å². The molecule has 4 aromatic rings. The number of carbonyl (C=O) groups excluding carboxylic acids is 3. The van der Waals surface area contributed by atoms with E-state index in [-0.39, 0.29) is 28.8 Å². The van der Waals surface area contributed by atoms with Crippen molar-refractivity contribution in [2.45, 2.75) is 38.8 Å². The Bertz CT molecular complexity index is 1880. The Kier molecular flexibility index (Phi) is 11.3. The molecule has 0 amide bonds. The zero-order valence-electron chi connectivity index (χ0n) is 26.4. The van der Waals surface area contributed by atoms with Crippen molar-refractivity contribution in [1.82, 2.24) is 9.58 Å². The molecule has 1 aliphatic rings. The second-order valence-corrected chi connectivity index (χ2v) is 11.4. The van der Waals surface area contributed by atoms with E-state index in [1.54, 1.807) is 24.3 Å². The van der Waals surface area contributed by atoms with Gasteiger partial charge in [-0.15, -0.1) is 15.2 Å². The molecule has 1 aromatic heterocycles. The van der Waals surface area contributed by atoms with Crippen LogP contribution in [0.4, 0.5) is 11.4 Å². The SMILES string of the molecule is CO[NH+]([N-]Oc1ccc([N+](=O)[O-])cc1N=O)N1CCCC1C(=O)OCOC(=O)Cc1c(C)n(Cc2ccc(Cl)cc2)c2ccc(C=O)cc12. The summed E-state index contributed by atoms with van der Waals surface area (Å²) in [6.07, 6.45) is 1.55. The minimum atomic E-state index is -0.851. The van der Waals surface area contributed by atoms with Gasteiger partial charge in [0.15, 0.2) is 11.7 Å². The van der Waals surface area contributed by atoms with E-state index in [2.05, 4.69) is 10.8 Å². The number of carbonyl (C=O) groups is 3. The number of halogens is 1. The van der Waals surface area contributed by atoms with Crippen molar-refractivity contribution >= 4 is 52.1 Å². The molecular weight excluding hydrogens is 664 g/mol. The number of quaternary nitrogens is 1. The van der Waals surface area contributed by atoms with Crippen LogP contribution in [0.3, 0.4) is 0 Å². The number of hydrogen-bond donors (Lipinski definition) is 1. The van der Waals surface area contributed by atoms with Gasteiger partial charge >= 0.3 is 11.9 Å². The highest BCUT2D eigenvalue weighted by Crippen LogP contribution is 2.32. The Labute approximate surface area is 284 Å². The van der Waals surface area contributed by atoms with Gasteiger partial charge in [0, 0.05) is 45.9 Å². The number of aldehydes is 1. The van der Waals surface area contributed by atoms with Crippen molar-refractivity contribution in [2.24, 2.45) is 5.18 Å². The predicted molar refractivity (Wildman–Crippen MR) is 174 cm³/mol. The van der Waals surface area contributed by atoms with Crippen molar-refractivity contribution in [3.05, 3.63) is 109 Å². The lowest BCUT2D eigenvalue weighted by Gasteiger charge is -2.35. The Balaban J connectivity index is 1.20. The average Bonchev–Trinajstić information content (AvgIpc) is 3.69. The standard InChI is InChI=1S/C32H31ClN6O10/c1-20-25(26-14-22(18-40)7-11-28(26)36(20)17-21-5-8-23(33)9-6-21)16-31(41)47-19-48-32(42)29-4-3-13-37(29)39(46-2)35-49-30-12-10-24(38(44)45)15-27(30)34-43/h5-12,14-15,18,29,39H,3-4,13,16-17,19H2,1-2H3. The number of nitroso groups, excluding NO2 is 1. The van der Waals surface area contributed by atoms with Crippen LogP contribution in [0.5, 0.6) is 5.75 Å². The van der Waals surface area contributed by atoms with Crippen LogP contribution in [0.25, 0.3) is 16.5 Å². The smallest absolute Gasteiger partial charge is 0.331 e. The third kappa shape index (κ3) is 8.07. The Morgan fingerprint density at radius 1 is 1.14 bits per heavy atom. The molecule has 2 unspecified atom stereocenters. The van der Waals surface area contributed by atoms with Gasteiger partial charge in [0.2, 0.25) is 6.79 Å². The van der Waals surface area contributed by atoms with E-state index in [0.29, 0.717) is 42.1 Å². The van der Waals surface area contributed by atoms with Crippen LogP contribution >= 0.6 is 11.6 Å². The van der Waals surface area contributed by atoms with Gasteiger partial charge in [-0.1, -0.05) is 23.7 Å². The molecule has 256 valence electrons. The summed E-state index contributed by atoms with van der Waals surface area (Å²) in [6, 6.07) is 15.1. The average molecular weight is 695 g/mol. The minimum absolute atomic E-state index is 0.119. The number of esters is 2. The molecule has 2 atom stereocenters. The van der Waals surface area contributed by atoms with Crippen molar-refractivity contribution in [3.63, 3.8) is 0 Å². The van der Waals surface area contributed by atoms with E-state index in [4.69, 9.17) is 30.7 Å². The summed E-state index contributed by atoms with van der Waals surface area (Å²) in [4.78, 5) is 69.6. The van der Waals surface area contributed by atoms with Crippen LogP contribution in [0.2, 0.25) is 5.02 Å². The molecule has 0 bridgehead atoms. The first kappa shape index (κ1) is 35.1. The minimum Gasteiger partial charge on any atom is -0.533 e. The molecule has 5 rings (SSSR count). The number of non-ortho nitro benzene ring substituents is 1. The third-order valence-electron chi connectivity index (χ3n) is 8.04. The highest BCUT2D eigenvalue weighted by atomic mass is 35.5. The van der Waals surface area contributed by atoms with E-state index in [1.807, 2.05) is 29.7 Å². The molecule has 1 saturated heterocycles. The van der Waals surface area contributed by atoms with Crippen LogP contribution in [-0.4, -0.2) is 59.2 Å². The first-order valence-electron chi connectivity index (χ1n) is 14.9. The zero-order chi connectivity index (χ0) is 35.1. The van der Waals surface area contributed by atoms with E-state index >= 15 is 0 Å². The molecule has 0 radical (unpaired) electrons. The molecule has 49 heavy (non-hydrogen) atoms. The molecule has 0 saturated carbocycles. The van der Waals surface area contributed by atoms with Crippen LogP contribution in [0.1, 0.15) is 40.0 Å². The number of nitro groups is 1. The maximum Gasteiger partial charge on any atom is 0.331 e. The van der Waals surface area contributed by atoms with Gasteiger partial charge in [0.1, 0.15) is 12.0 Å². The second kappa shape index (κ2) is 15.8. The Hall–Kier alpha value is -5.26. The van der Waals surface area contributed by atoms with Crippen molar-refractivity contribution in [3.8, 4) is 5.75 Å². The molecule has 0 aliphatic carbocycles. The molecule has 1 fully saturated rings. The highest BCUT2D eigenvalue weighted by Gasteiger charge is 2.38. The van der Waals surface area contributed by atoms with Crippen LogP contribution < -0.4 is 10.1 Å². The Morgan fingerprint density at radius 2 is 1.92 bits per heavy atom. The Morgan fingerprint density at radius 3 is 2.61 bits per heavy atom. The number of nitrogens with zero attached hydrogens (tertiary/aromatic N) is 5. The summed E-state index contributed by atoms with van der Waals surface area (Å²) in [6.45, 7) is 2.09. The van der Waals surface area contributed by atoms with Gasteiger partial charge in [0.05, 0.1) is 25.0 Å². The topological polar surface area (TPSA) is 187 Å². The monoisotopic (exact) mass is 694 g/mol. The summed E-state index contributed by atoms with van der Waals surface area (Å²) in [5, 5.41) is 16.4. The fourth-order valence-electron chi connectivity index (χ4n) is 5.59. The highest BCUT2D eigenvalue weighted by molar-refractivity contribution is 6.30. The summed E-state index contributed by atoms with van der Waals surface area (Å²) in [5.74, 6) is -1.51. The van der Waals surface area contributed by atoms with E-state index < -0.39 is 29.7 Å². The number of aromatic nitrogens is 1. The van der Waals surface area contributed by atoms with Gasteiger partial charge in [-0.3, -0.25) is 24.5 Å². The molecule has 2 heterocycles. The van der Waals surface area contributed by atoms with Crippen LogP contribution in [0, 0.1) is 21.9 Å². The largest absolute Gasteiger partial charge is 0.533 e.